The van der Waals surface area contributed by atoms with Crippen LogP contribution >= 0.6 is 0 Å². The normalized spacial score (nSPS) is 12.4. The Morgan fingerprint density at radius 3 is 2.41 bits per heavy atom. The summed E-state index contributed by atoms with van der Waals surface area (Å²) in [5.41, 5.74) is 0. The smallest absolute Gasteiger partial charge is 0.119 e. The molecule has 1 aromatic rings. The minimum absolute atomic E-state index is 0.664. The average Bonchev–Trinajstić information content (AvgIpc) is 2.37. The Morgan fingerprint density at radius 2 is 1.71 bits per heavy atom. The van der Waals surface area contributed by atoms with E-state index in [2.05, 4.69) is 13.8 Å². The van der Waals surface area contributed by atoms with Gasteiger partial charge in [0.1, 0.15) is 5.75 Å². The SMILES string of the molecule is CCCCCCCC(C)COc1ccccc1. The molecule has 1 aromatic carbocycles. The Morgan fingerprint density at radius 1 is 1.00 bits per heavy atom. The van der Waals surface area contributed by atoms with Crippen molar-refractivity contribution < 1.29 is 4.74 Å². The summed E-state index contributed by atoms with van der Waals surface area (Å²) in [5, 5.41) is 0. The van der Waals surface area contributed by atoms with Gasteiger partial charge in [-0.25, -0.2) is 0 Å². The zero-order valence-corrected chi connectivity index (χ0v) is 11.3. The van der Waals surface area contributed by atoms with E-state index < -0.39 is 0 Å². The number of hydrogen-bond acceptors (Lipinski definition) is 1. The van der Waals surface area contributed by atoms with Gasteiger partial charge in [-0.3, -0.25) is 0 Å². The van der Waals surface area contributed by atoms with Gasteiger partial charge in [-0.05, 0) is 24.5 Å². The number of ether oxygens (including phenoxy) is 1. The first-order valence-corrected chi connectivity index (χ1v) is 7.00. The lowest BCUT2D eigenvalue weighted by Crippen LogP contribution is -2.08. The lowest BCUT2D eigenvalue weighted by molar-refractivity contribution is 0.249. The quantitative estimate of drug-likeness (QED) is 0.542. The largest absolute Gasteiger partial charge is 0.493 e. The third kappa shape index (κ3) is 7.04. The monoisotopic (exact) mass is 234 g/mol. The summed E-state index contributed by atoms with van der Waals surface area (Å²) in [6, 6.07) is 10.1. The Labute approximate surface area is 106 Å². The Bertz CT molecular complexity index is 268. The molecule has 1 nitrogen and oxygen atoms in total. The van der Waals surface area contributed by atoms with E-state index in [9.17, 15) is 0 Å². The van der Waals surface area contributed by atoms with Crippen LogP contribution < -0.4 is 4.74 Å². The van der Waals surface area contributed by atoms with Gasteiger partial charge in [0.15, 0.2) is 0 Å². The summed E-state index contributed by atoms with van der Waals surface area (Å²) >= 11 is 0. The number of unbranched alkanes of at least 4 members (excludes halogenated alkanes) is 4. The maximum atomic E-state index is 5.75. The Kier molecular flexibility index (Phi) is 7.53. The fourth-order valence-corrected chi connectivity index (χ4v) is 1.93. The lowest BCUT2D eigenvalue weighted by atomic mass is 10.0. The summed E-state index contributed by atoms with van der Waals surface area (Å²) in [4.78, 5) is 0. The van der Waals surface area contributed by atoms with Crippen molar-refractivity contribution in [2.75, 3.05) is 6.61 Å². The predicted molar refractivity (Wildman–Crippen MR) is 74.5 cm³/mol. The number of hydrogen-bond donors (Lipinski definition) is 0. The second kappa shape index (κ2) is 9.09. The average molecular weight is 234 g/mol. The summed E-state index contributed by atoms with van der Waals surface area (Å²) in [5.74, 6) is 1.65. The van der Waals surface area contributed by atoms with Crippen LogP contribution in [0.2, 0.25) is 0 Å². The number of para-hydroxylation sites is 1. The van der Waals surface area contributed by atoms with Crippen LogP contribution in [0.5, 0.6) is 5.75 Å². The zero-order valence-electron chi connectivity index (χ0n) is 11.3. The third-order valence-electron chi connectivity index (χ3n) is 3.08. The molecule has 0 spiro atoms. The van der Waals surface area contributed by atoms with E-state index in [1.54, 1.807) is 0 Å². The summed E-state index contributed by atoms with van der Waals surface area (Å²) in [7, 11) is 0. The van der Waals surface area contributed by atoms with Crippen molar-refractivity contribution in [1.82, 2.24) is 0 Å². The summed E-state index contributed by atoms with van der Waals surface area (Å²) in [6.45, 7) is 5.39. The van der Waals surface area contributed by atoms with Crippen molar-refractivity contribution in [2.24, 2.45) is 5.92 Å². The van der Waals surface area contributed by atoms with Crippen LogP contribution in [-0.4, -0.2) is 6.61 Å². The molecular formula is C16H26O. The standard InChI is InChI=1S/C16H26O/c1-3-4-5-6-8-11-15(2)14-17-16-12-9-7-10-13-16/h7,9-10,12-13,15H,3-6,8,11,14H2,1-2H3. The molecule has 1 heteroatoms. The lowest BCUT2D eigenvalue weighted by Gasteiger charge is -2.12. The molecule has 0 N–H and O–H groups in total. The first kappa shape index (κ1) is 14.1. The Hall–Kier alpha value is -0.980. The number of rotatable bonds is 9. The van der Waals surface area contributed by atoms with Gasteiger partial charge in [-0.2, -0.15) is 0 Å². The molecule has 0 saturated heterocycles. The third-order valence-corrected chi connectivity index (χ3v) is 3.08. The molecule has 0 aliphatic heterocycles. The van der Waals surface area contributed by atoms with Gasteiger partial charge in [-0.15, -0.1) is 0 Å². The fraction of sp³-hybridized carbons (Fsp3) is 0.625. The first-order chi connectivity index (χ1) is 8.33. The minimum atomic E-state index is 0.664. The highest BCUT2D eigenvalue weighted by Gasteiger charge is 2.02. The van der Waals surface area contributed by atoms with Crippen LogP contribution in [0.1, 0.15) is 52.4 Å². The van der Waals surface area contributed by atoms with E-state index >= 15 is 0 Å². The molecule has 0 radical (unpaired) electrons. The molecule has 96 valence electrons. The van der Waals surface area contributed by atoms with Gasteiger partial charge in [-0.1, -0.05) is 64.2 Å². The highest BCUT2D eigenvalue weighted by Crippen LogP contribution is 2.14. The highest BCUT2D eigenvalue weighted by atomic mass is 16.5. The van der Waals surface area contributed by atoms with Crippen molar-refractivity contribution in [3.05, 3.63) is 30.3 Å². The molecule has 1 unspecified atom stereocenters. The van der Waals surface area contributed by atoms with Crippen molar-refractivity contribution in [3.8, 4) is 5.75 Å². The second-order valence-electron chi connectivity index (χ2n) is 4.93. The van der Waals surface area contributed by atoms with E-state index in [0.717, 1.165) is 12.4 Å². The maximum absolute atomic E-state index is 5.75. The van der Waals surface area contributed by atoms with Crippen molar-refractivity contribution in [1.29, 1.82) is 0 Å². The zero-order chi connectivity index (χ0) is 12.3. The van der Waals surface area contributed by atoms with Gasteiger partial charge >= 0.3 is 0 Å². The van der Waals surface area contributed by atoms with Gasteiger partial charge < -0.3 is 4.74 Å². The van der Waals surface area contributed by atoms with Crippen LogP contribution in [0.4, 0.5) is 0 Å². The van der Waals surface area contributed by atoms with Gasteiger partial charge in [0.25, 0.3) is 0 Å². The molecule has 0 bridgehead atoms. The summed E-state index contributed by atoms with van der Waals surface area (Å²) < 4.78 is 5.75. The van der Waals surface area contributed by atoms with E-state index in [1.165, 1.54) is 38.5 Å². The van der Waals surface area contributed by atoms with Crippen molar-refractivity contribution in [3.63, 3.8) is 0 Å². The molecule has 0 aromatic heterocycles. The topological polar surface area (TPSA) is 9.23 Å². The van der Waals surface area contributed by atoms with Gasteiger partial charge in [0, 0.05) is 0 Å². The Balaban J connectivity index is 2.03. The number of benzene rings is 1. The minimum Gasteiger partial charge on any atom is -0.493 e. The van der Waals surface area contributed by atoms with E-state index in [-0.39, 0.29) is 0 Å². The van der Waals surface area contributed by atoms with Crippen LogP contribution in [0, 0.1) is 5.92 Å². The predicted octanol–water partition coefficient (Wildman–Crippen LogP) is 5.06. The molecule has 1 rings (SSSR count). The molecule has 17 heavy (non-hydrogen) atoms. The first-order valence-electron chi connectivity index (χ1n) is 7.00. The second-order valence-corrected chi connectivity index (χ2v) is 4.93. The van der Waals surface area contributed by atoms with Gasteiger partial charge in [0.2, 0.25) is 0 Å². The molecule has 0 amide bonds. The van der Waals surface area contributed by atoms with E-state index in [4.69, 9.17) is 4.74 Å². The van der Waals surface area contributed by atoms with E-state index in [0.29, 0.717) is 5.92 Å². The van der Waals surface area contributed by atoms with Crippen molar-refractivity contribution >= 4 is 0 Å². The molecule has 0 aliphatic rings. The molecular weight excluding hydrogens is 208 g/mol. The molecule has 0 heterocycles. The molecule has 0 aliphatic carbocycles. The molecule has 1 atom stereocenters. The maximum Gasteiger partial charge on any atom is 0.119 e. The van der Waals surface area contributed by atoms with Gasteiger partial charge in [0.05, 0.1) is 6.61 Å². The highest BCUT2D eigenvalue weighted by molar-refractivity contribution is 5.20. The van der Waals surface area contributed by atoms with Crippen LogP contribution in [0.25, 0.3) is 0 Å². The van der Waals surface area contributed by atoms with E-state index in [1.807, 2.05) is 30.3 Å². The van der Waals surface area contributed by atoms with Crippen molar-refractivity contribution in [2.45, 2.75) is 52.4 Å². The summed E-state index contributed by atoms with van der Waals surface area (Å²) in [6.07, 6.45) is 8.11. The van der Waals surface area contributed by atoms with Crippen LogP contribution in [-0.2, 0) is 0 Å². The molecule has 0 fully saturated rings. The molecule has 0 saturated carbocycles. The van der Waals surface area contributed by atoms with Crippen LogP contribution in [0.15, 0.2) is 30.3 Å². The van der Waals surface area contributed by atoms with Crippen LogP contribution in [0.3, 0.4) is 0 Å². The fourth-order valence-electron chi connectivity index (χ4n) is 1.93.